The number of rotatable bonds is 5. The van der Waals surface area contributed by atoms with Crippen molar-refractivity contribution in [3.63, 3.8) is 0 Å². The maximum Gasteiger partial charge on any atom is 0.331 e. The van der Waals surface area contributed by atoms with Gasteiger partial charge in [-0.1, -0.05) is 68.9 Å². The molecular weight excluding hydrogens is 334 g/mol. The van der Waals surface area contributed by atoms with E-state index in [1.807, 2.05) is 30.3 Å². The lowest BCUT2D eigenvalue weighted by Crippen LogP contribution is -2.17. The molecule has 128 valence electrons. The third kappa shape index (κ3) is 4.94. The highest BCUT2D eigenvalue weighted by Gasteiger charge is 2.20. The number of hydrogen-bond donors (Lipinski definition) is 0. The predicted octanol–water partition coefficient (Wildman–Crippen LogP) is 5.24. The van der Waals surface area contributed by atoms with Crippen LogP contribution in [0.15, 0.2) is 41.6 Å². The van der Waals surface area contributed by atoms with E-state index in [9.17, 15) is 8.42 Å². The molecule has 0 radical (unpaired) electrons. The van der Waals surface area contributed by atoms with Crippen LogP contribution < -0.4 is 0 Å². The third-order valence-corrected chi connectivity index (χ3v) is 5.26. The van der Waals surface area contributed by atoms with Crippen molar-refractivity contribution < 1.29 is 12.7 Å². The summed E-state index contributed by atoms with van der Waals surface area (Å²) in [4.78, 5) is 0. The second-order valence-corrected chi connectivity index (χ2v) is 7.05. The van der Waals surface area contributed by atoms with Gasteiger partial charge in [-0.25, -0.2) is 0 Å². The highest BCUT2D eigenvalue weighted by Crippen LogP contribution is 2.24. The first-order valence-corrected chi connectivity index (χ1v) is 8.43. The minimum atomic E-state index is -3.69. The molecule has 0 heterocycles. The normalized spacial score (nSPS) is 12.5. The van der Waals surface area contributed by atoms with Gasteiger partial charge in [-0.3, -0.25) is 4.28 Å². The van der Waals surface area contributed by atoms with Crippen LogP contribution in [0.3, 0.4) is 0 Å². The Balaban J connectivity index is 0.00000242. The maximum absolute atomic E-state index is 11.7. The van der Waals surface area contributed by atoms with Crippen LogP contribution in [-0.2, 0) is 14.4 Å². The van der Waals surface area contributed by atoms with E-state index in [1.165, 1.54) is 6.21 Å². The Hall–Kier alpha value is -1.59. The molecule has 0 bridgehead atoms. The molecule has 2 aromatic rings. The predicted molar refractivity (Wildman–Crippen MR) is 99.8 cm³/mol. The van der Waals surface area contributed by atoms with Crippen molar-refractivity contribution in [3.05, 3.63) is 47.0 Å². The number of benzene rings is 2. The Bertz CT molecular complexity index is 773. The van der Waals surface area contributed by atoms with Gasteiger partial charge < -0.3 is 0 Å². The van der Waals surface area contributed by atoms with Gasteiger partial charge in [-0.05, 0) is 30.2 Å². The first-order chi connectivity index (χ1) is 9.95. The molecule has 1 unspecified atom stereocenters. The number of oxime groups is 1. The fraction of sp³-hybridized carbons (Fsp3) is 0.353. The highest BCUT2D eigenvalue weighted by atomic mass is 35.5. The first-order valence-electron chi connectivity index (χ1n) is 6.58. The van der Waals surface area contributed by atoms with Gasteiger partial charge in [0.2, 0.25) is 0 Å². The number of halogens is 1. The molecule has 0 aliphatic carbocycles. The van der Waals surface area contributed by atoms with Crippen molar-refractivity contribution in [2.45, 2.75) is 40.4 Å². The molecule has 0 spiro atoms. The van der Waals surface area contributed by atoms with E-state index in [2.05, 4.69) is 9.44 Å². The zero-order valence-corrected chi connectivity index (χ0v) is 13.4. The molecule has 23 heavy (non-hydrogen) atoms. The minimum absolute atomic E-state index is 0. The molecule has 0 aliphatic rings. The molecule has 0 saturated carbocycles. The smallest absolute Gasteiger partial charge is 0.268 e. The van der Waals surface area contributed by atoms with Crippen molar-refractivity contribution in [2.75, 3.05) is 0 Å². The van der Waals surface area contributed by atoms with Gasteiger partial charge in [-0.2, -0.15) is 8.42 Å². The van der Waals surface area contributed by atoms with Crippen LogP contribution in [0.5, 0.6) is 0 Å². The molecule has 4 nitrogen and oxygen atoms in total. The van der Waals surface area contributed by atoms with E-state index >= 15 is 0 Å². The summed E-state index contributed by atoms with van der Waals surface area (Å²) in [6.07, 6.45) is 1.80. The SMILES string of the molecule is C.C.CCC(C)S(=O)(=O)O/N=C/c1c(Cl)ccc2ccccc12. The second-order valence-electron chi connectivity index (χ2n) is 4.70. The molecular formula is C17H24ClNO3S. The van der Waals surface area contributed by atoms with Gasteiger partial charge in [0.25, 0.3) is 0 Å². The summed E-state index contributed by atoms with van der Waals surface area (Å²) in [5.74, 6) is 0. The Labute approximate surface area is 144 Å². The zero-order chi connectivity index (χ0) is 15.5. The Morgan fingerprint density at radius 1 is 1.22 bits per heavy atom. The average molecular weight is 358 g/mol. The second kappa shape index (κ2) is 8.89. The van der Waals surface area contributed by atoms with Gasteiger partial charge in [0.1, 0.15) is 0 Å². The molecule has 1 atom stereocenters. The van der Waals surface area contributed by atoms with Crippen LogP contribution in [0.25, 0.3) is 10.8 Å². The molecule has 2 aromatic carbocycles. The van der Waals surface area contributed by atoms with E-state index in [0.29, 0.717) is 17.0 Å². The van der Waals surface area contributed by atoms with Crippen LogP contribution in [0.4, 0.5) is 0 Å². The maximum atomic E-state index is 11.7. The standard InChI is InChI=1S/C15H16ClNO3S.2CH4/c1-3-11(2)21(18,19)20-17-10-14-13-7-5-4-6-12(13)8-9-15(14)16;;/h4-11H,3H2,1-2H3;2*1H4/b17-10+;;. The Kier molecular flexibility index (Phi) is 8.28. The molecule has 0 fully saturated rings. The van der Waals surface area contributed by atoms with E-state index in [-0.39, 0.29) is 14.9 Å². The number of hydrogen-bond acceptors (Lipinski definition) is 4. The quantitative estimate of drug-likeness (QED) is 0.542. The zero-order valence-electron chi connectivity index (χ0n) is 11.8. The van der Waals surface area contributed by atoms with Gasteiger partial charge in [0.15, 0.2) is 0 Å². The van der Waals surface area contributed by atoms with Gasteiger partial charge in [0.05, 0.1) is 16.5 Å². The van der Waals surface area contributed by atoms with E-state index < -0.39 is 15.4 Å². The highest BCUT2D eigenvalue weighted by molar-refractivity contribution is 7.87. The van der Waals surface area contributed by atoms with Gasteiger partial charge >= 0.3 is 10.1 Å². The summed E-state index contributed by atoms with van der Waals surface area (Å²) in [6.45, 7) is 3.35. The molecule has 6 heteroatoms. The van der Waals surface area contributed by atoms with Crippen molar-refractivity contribution in [1.82, 2.24) is 0 Å². The Morgan fingerprint density at radius 3 is 2.52 bits per heavy atom. The number of fused-ring (bicyclic) bond motifs is 1. The third-order valence-electron chi connectivity index (χ3n) is 3.31. The molecule has 0 amide bonds. The summed E-state index contributed by atoms with van der Waals surface area (Å²) < 4.78 is 28.1. The van der Waals surface area contributed by atoms with Gasteiger partial charge in [-0.15, -0.1) is 0 Å². The first kappa shape index (κ1) is 21.4. The lowest BCUT2D eigenvalue weighted by molar-refractivity contribution is 0.334. The van der Waals surface area contributed by atoms with Crippen LogP contribution >= 0.6 is 11.6 Å². The van der Waals surface area contributed by atoms with Crippen LogP contribution in [0.1, 0.15) is 40.7 Å². The monoisotopic (exact) mass is 357 g/mol. The molecule has 0 aromatic heterocycles. The summed E-state index contributed by atoms with van der Waals surface area (Å²) in [7, 11) is -3.69. The summed E-state index contributed by atoms with van der Waals surface area (Å²) in [5, 5.41) is 5.37. The summed E-state index contributed by atoms with van der Waals surface area (Å²) in [6, 6.07) is 11.3. The molecule has 0 N–H and O–H groups in total. The van der Waals surface area contributed by atoms with Crippen LogP contribution in [0.2, 0.25) is 5.02 Å². The number of nitrogens with zero attached hydrogens (tertiary/aromatic N) is 1. The minimum Gasteiger partial charge on any atom is -0.268 e. The summed E-state index contributed by atoms with van der Waals surface area (Å²) >= 11 is 6.15. The average Bonchev–Trinajstić information content (AvgIpc) is 2.48. The van der Waals surface area contributed by atoms with Crippen molar-refractivity contribution >= 4 is 38.7 Å². The molecule has 0 saturated heterocycles. The lowest BCUT2D eigenvalue weighted by atomic mass is 10.1. The molecule has 0 aliphatic heterocycles. The van der Waals surface area contributed by atoms with Crippen molar-refractivity contribution in [3.8, 4) is 0 Å². The van der Waals surface area contributed by atoms with Gasteiger partial charge in [0, 0.05) is 5.56 Å². The topological polar surface area (TPSA) is 55.7 Å². The lowest BCUT2D eigenvalue weighted by Gasteiger charge is -2.07. The van der Waals surface area contributed by atoms with Crippen molar-refractivity contribution in [2.24, 2.45) is 5.16 Å². The van der Waals surface area contributed by atoms with Crippen molar-refractivity contribution in [1.29, 1.82) is 0 Å². The van der Waals surface area contributed by atoms with Crippen LogP contribution in [0, 0.1) is 0 Å². The van der Waals surface area contributed by atoms with E-state index in [4.69, 9.17) is 11.6 Å². The Morgan fingerprint density at radius 2 is 1.87 bits per heavy atom. The summed E-state index contributed by atoms with van der Waals surface area (Å²) in [5.41, 5.74) is 0.633. The largest absolute Gasteiger partial charge is 0.331 e. The fourth-order valence-electron chi connectivity index (χ4n) is 1.81. The van der Waals surface area contributed by atoms with E-state index in [0.717, 1.165) is 10.8 Å². The fourth-order valence-corrected chi connectivity index (χ4v) is 2.74. The molecule has 2 rings (SSSR count). The van der Waals surface area contributed by atoms with Crippen LogP contribution in [-0.4, -0.2) is 19.9 Å². The van der Waals surface area contributed by atoms with E-state index in [1.54, 1.807) is 19.9 Å².